The molecule has 3 N–H and O–H groups in total. The van der Waals surface area contributed by atoms with Crippen molar-refractivity contribution in [2.45, 2.75) is 25.9 Å². The molecule has 0 bridgehead atoms. The predicted octanol–water partition coefficient (Wildman–Crippen LogP) is 3.20. The summed E-state index contributed by atoms with van der Waals surface area (Å²) in [5, 5.41) is 7.70. The number of fused-ring (bicyclic) bond motifs is 1. The minimum atomic E-state index is 0.00278. The molecule has 1 aliphatic rings. The van der Waals surface area contributed by atoms with E-state index in [1.165, 1.54) is 5.56 Å². The average molecular weight is 346 g/mol. The van der Waals surface area contributed by atoms with Gasteiger partial charge in [-0.05, 0) is 48.6 Å². The van der Waals surface area contributed by atoms with Crippen LogP contribution < -0.4 is 10.5 Å². The molecule has 21 heavy (non-hydrogen) atoms. The molecule has 0 saturated heterocycles. The van der Waals surface area contributed by atoms with E-state index in [-0.39, 0.29) is 5.84 Å². The third-order valence-corrected chi connectivity index (χ3v) is 4.12. The van der Waals surface area contributed by atoms with Crippen LogP contribution in [0.1, 0.15) is 28.8 Å². The lowest BCUT2D eigenvalue weighted by molar-refractivity contribution is 0.292. The summed E-state index contributed by atoms with van der Waals surface area (Å²) in [4.78, 5) is 4.55. The predicted molar refractivity (Wildman–Crippen MR) is 85.8 cm³/mol. The number of nitrogens with zero attached hydrogens (tertiary/aromatic N) is 1. The second kappa shape index (κ2) is 5.85. The van der Waals surface area contributed by atoms with Crippen molar-refractivity contribution >= 4 is 21.8 Å². The second-order valence-corrected chi connectivity index (χ2v) is 6.04. The van der Waals surface area contributed by atoms with Gasteiger partial charge in [0.15, 0.2) is 0 Å². The number of pyridine rings is 1. The van der Waals surface area contributed by atoms with E-state index in [4.69, 9.17) is 15.9 Å². The first kappa shape index (κ1) is 14.1. The average Bonchev–Trinajstić information content (AvgIpc) is 2.92. The lowest BCUT2D eigenvalue weighted by Crippen LogP contribution is -2.15. The maximum Gasteiger partial charge on any atom is 0.225 e. The van der Waals surface area contributed by atoms with E-state index in [9.17, 15) is 0 Å². The Morgan fingerprint density at radius 2 is 2.05 bits per heavy atom. The highest BCUT2D eigenvalue weighted by Crippen LogP contribution is 2.27. The number of hydrogen-bond acceptors (Lipinski definition) is 3. The van der Waals surface area contributed by atoms with Crippen molar-refractivity contribution in [3.05, 3.63) is 57.2 Å². The van der Waals surface area contributed by atoms with Gasteiger partial charge in [-0.15, -0.1) is 0 Å². The number of nitrogen functional groups attached to an aromatic ring is 1. The zero-order valence-electron chi connectivity index (χ0n) is 11.5. The van der Waals surface area contributed by atoms with E-state index in [0.29, 0.717) is 18.1 Å². The van der Waals surface area contributed by atoms with Gasteiger partial charge in [0.2, 0.25) is 5.88 Å². The normalized spacial score (nSPS) is 13.0. The van der Waals surface area contributed by atoms with Gasteiger partial charge in [0, 0.05) is 10.2 Å². The first-order valence-corrected chi connectivity index (χ1v) is 7.67. The van der Waals surface area contributed by atoms with E-state index in [1.807, 2.05) is 30.3 Å². The van der Waals surface area contributed by atoms with Crippen molar-refractivity contribution in [2.24, 2.45) is 5.73 Å². The number of benzene rings is 1. The van der Waals surface area contributed by atoms with Gasteiger partial charge in [-0.1, -0.05) is 28.1 Å². The number of ether oxygens (including phenoxy) is 1. The first-order valence-electron chi connectivity index (χ1n) is 6.88. The quantitative estimate of drug-likeness (QED) is 0.660. The molecule has 3 rings (SSSR count). The van der Waals surface area contributed by atoms with Crippen molar-refractivity contribution in [3.63, 3.8) is 0 Å². The molecule has 5 heteroatoms. The molecule has 1 aromatic carbocycles. The summed E-state index contributed by atoms with van der Waals surface area (Å²) < 4.78 is 6.84. The van der Waals surface area contributed by atoms with Crippen molar-refractivity contribution in [3.8, 4) is 5.88 Å². The van der Waals surface area contributed by atoms with Crippen LogP contribution in [0.5, 0.6) is 5.88 Å². The molecule has 0 fully saturated rings. The number of nitrogens with one attached hydrogen (secondary N) is 1. The molecule has 0 radical (unpaired) electrons. The Labute approximate surface area is 132 Å². The van der Waals surface area contributed by atoms with Crippen LogP contribution in [0.2, 0.25) is 0 Å². The van der Waals surface area contributed by atoms with Gasteiger partial charge in [-0.3, -0.25) is 5.41 Å². The number of amidine groups is 1. The first-order chi connectivity index (χ1) is 10.1. The Morgan fingerprint density at radius 1 is 1.29 bits per heavy atom. The van der Waals surface area contributed by atoms with Crippen molar-refractivity contribution in [1.29, 1.82) is 5.41 Å². The lowest BCUT2D eigenvalue weighted by atomic mass is 10.1. The van der Waals surface area contributed by atoms with Gasteiger partial charge in [-0.2, -0.15) is 0 Å². The number of nitrogens with two attached hydrogens (primary N) is 1. The fourth-order valence-corrected chi connectivity index (χ4v) is 2.75. The zero-order chi connectivity index (χ0) is 14.8. The van der Waals surface area contributed by atoms with Crippen LogP contribution in [0.3, 0.4) is 0 Å². The molecule has 0 atom stereocenters. The number of rotatable bonds is 4. The number of aromatic nitrogens is 1. The van der Waals surface area contributed by atoms with Crippen molar-refractivity contribution in [2.75, 3.05) is 0 Å². The molecular weight excluding hydrogens is 330 g/mol. The van der Waals surface area contributed by atoms with Crippen LogP contribution in [0.15, 0.2) is 34.8 Å². The summed E-state index contributed by atoms with van der Waals surface area (Å²) in [6.45, 7) is 0.416. The van der Waals surface area contributed by atoms with Crippen molar-refractivity contribution < 1.29 is 4.74 Å². The highest BCUT2D eigenvalue weighted by molar-refractivity contribution is 9.10. The third kappa shape index (κ3) is 3.08. The van der Waals surface area contributed by atoms with Crippen LogP contribution >= 0.6 is 15.9 Å². The summed E-state index contributed by atoms with van der Waals surface area (Å²) in [5.74, 6) is 0.467. The summed E-state index contributed by atoms with van der Waals surface area (Å²) in [6, 6.07) is 9.88. The second-order valence-electron chi connectivity index (χ2n) is 5.13. The van der Waals surface area contributed by atoms with Crippen LogP contribution in [-0.2, 0) is 19.4 Å². The highest BCUT2D eigenvalue weighted by Gasteiger charge is 2.18. The molecule has 1 aromatic heterocycles. The SMILES string of the molecule is N=C(N)c1cc2c(nc1OCc1ccc(Br)cc1)CCC2. The minimum Gasteiger partial charge on any atom is -0.472 e. The van der Waals surface area contributed by atoms with E-state index >= 15 is 0 Å². The molecule has 0 spiro atoms. The standard InChI is InChI=1S/C16H16BrN3O/c17-12-6-4-10(5-7-12)9-21-16-13(15(18)19)8-11-2-1-3-14(11)20-16/h4-8H,1-3,9H2,(H3,18,19). The molecule has 0 amide bonds. The van der Waals surface area contributed by atoms with Gasteiger partial charge in [0.1, 0.15) is 12.4 Å². The Bertz CT molecular complexity index is 683. The van der Waals surface area contributed by atoms with E-state index < -0.39 is 0 Å². The van der Waals surface area contributed by atoms with Gasteiger partial charge in [0.25, 0.3) is 0 Å². The molecule has 0 saturated carbocycles. The minimum absolute atomic E-state index is 0.00278. The Kier molecular flexibility index (Phi) is 3.92. The van der Waals surface area contributed by atoms with E-state index in [1.54, 1.807) is 0 Å². The van der Waals surface area contributed by atoms with Gasteiger partial charge < -0.3 is 10.5 Å². The van der Waals surface area contributed by atoms with Gasteiger partial charge >= 0.3 is 0 Å². The molecule has 108 valence electrons. The Hall–Kier alpha value is -1.88. The maximum absolute atomic E-state index is 7.70. The summed E-state index contributed by atoms with van der Waals surface area (Å²) in [6.07, 6.45) is 3.09. The Balaban J connectivity index is 1.84. The molecule has 1 aliphatic carbocycles. The Morgan fingerprint density at radius 3 is 2.76 bits per heavy atom. The third-order valence-electron chi connectivity index (χ3n) is 3.59. The molecule has 1 heterocycles. The van der Waals surface area contributed by atoms with Crippen molar-refractivity contribution in [1.82, 2.24) is 4.98 Å². The molecule has 0 unspecified atom stereocenters. The molecule has 2 aromatic rings. The topological polar surface area (TPSA) is 72.0 Å². The fourth-order valence-electron chi connectivity index (χ4n) is 2.49. The molecule has 4 nitrogen and oxygen atoms in total. The molecule has 0 aliphatic heterocycles. The molecular formula is C16H16BrN3O. The van der Waals surface area contributed by atoms with E-state index in [2.05, 4.69) is 20.9 Å². The largest absolute Gasteiger partial charge is 0.472 e. The van der Waals surface area contributed by atoms with Crippen LogP contribution in [0, 0.1) is 5.41 Å². The van der Waals surface area contributed by atoms with Crippen LogP contribution in [0.25, 0.3) is 0 Å². The van der Waals surface area contributed by atoms with Crippen LogP contribution in [-0.4, -0.2) is 10.8 Å². The monoisotopic (exact) mass is 345 g/mol. The number of aryl methyl sites for hydroxylation is 2. The summed E-state index contributed by atoms with van der Waals surface area (Å²) in [7, 11) is 0. The fraction of sp³-hybridized carbons (Fsp3) is 0.250. The van der Waals surface area contributed by atoms with Gasteiger partial charge in [0.05, 0.1) is 5.56 Å². The van der Waals surface area contributed by atoms with E-state index in [0.717, 1.165) is 35.0 Å². The summed E-state index contributed by atoms with van der Waals surface area (Å²) >= 11 is 3.41. The van der Waals surface area contributed by atoms with Gasteiger partial charge in [-0.25, -0.2) is 4.98 Å². The smallest absolute Gasteiger partial charge is 0.225 e. The lowest BCUT2D eigenvalue weighted by Gasteiger charge is -2.12. The highest BCUT2D eigenvalue weighted by atomic mass is 79.9. The van der Waals surface area contributed by atoms with Crippen LogP contribution in [0.4, 0.5) is 0 Å². The number of halogens is 1. The number of hydrogen-bond donors (Lipinski definition) is 2. The summed E-state index contributed by atoms with van der Waals surface area (Å²) in [5.41, 5.74) is 9.56. The zero-order valence-corrected chi connectivity index (χ0v) is 13.1. The maximum atomic E-state index is 7.70.